The van der Waals surface area contributed by atoms with Crippen molar-refractivity contribution in [1.29, 1.82) is 0 Å². The Hall–Kier alpha value is -3.93. The molecule has 0 radical (unpaired) electrons. The Kier molecular flexibility index (Phi) is 12.3. The number of hydrogen-bond acceptors (Lipinski definition) is 7. The highest BCUT2D eigenvalue weighted by molar-refractivity contribution is 7.98. The fraction of sp³-hybridized carbons (Fsp3) is 0.467. The Morgan fingerprint density at radius 1 is 0.952 bits per heavy atom. The molecule has 1 aliphatic rings. The number of aromatic nitrogens is 1. The Morgan fingerprint density at radius 2 is 1.64 bits per heavy atom. The largest absolute Gasteiger partial charge is 0.349 e. The summed E-state index contributed by atoms with van der Waals surface area (Å²) >= 11 is 1.53. The van der Waals surface area contributed by atoms with Crippen molar-refractivity contribution in [2.24, 2.45) is 5.92 Å². The Bertz CT molecular complexity index is 1230. The van der Waals surface area contributed by atoms with E-state index in [0.717, 1.165) is 5.56 Å². The van der Waals surface area contributed by atoms with E-state index in [0.29, 0.717) is 24.2 Å². The van der Waals surface area contributed by atoms with Gasteiger partial charge in [-0.3, -0.25) is 29.0 Å². The zero-order valence-electron chi connectivity index (χ0n) is 24.5. The van der Waals surface area contributed by atoms with Gasteiger partial charge in [0.25, 0.3) is 5.91 Å². The van der Waals surface area contributed by atoms with Gasteiger partial charge in [0.05, 0.1) is 12.6 Å². The van der Waals surface area contributed by atoms with Crippen molar-refractivity contribution in [2.45, 2.75) is 57.8 Å². The summed E-state index contributed by atoms with van der Waals surface area (Å²) in [6, 6.07) is 9.23. The Balaban J connectivity index is 2.00. The van der Waals surface area contributed by atoms with Crippen LogP contribution in [-0.2, 0) is 25.6 Å². The summed E-state index contributed by atoms with van der Waals surface area (Å²) in [6.45, 7) is 4.80. The number of nitrogens with one attached hydrogen (secondary N) is 4. The number of thioether (sulfide) groups is 1. The summed E-state index contributed by atoms with van der Waals surface area (Å²) in [5.74, 6) is -2.11. The SMILES string of the molecule is CSCC[C@@H]1NC(=O)[C@H](C(C)C)NC(=O)CN(C(=O)c2ccncc2)C[C@@H](Cc2ccccc2)NC(=O)[C@H](C)NC1=O. The molecule has 1 aromatic heterocycles. The molecule has 5 amide bonds. The topological polar surface area (TPSA) is 150 Å². The average molecular weight is 597 g/mol. The van der Waals surface area contributed by atoms with Crippen LogP contribution in [0, 0.1) is 5.92 Å². The molecule has 12 heteroatoms. The summed E-state index contributed by atoms with van der Waals surface area (Å²) in [5, 5.41) is 11.2. The highest BCUT2D eigenvalue weighted by atomic mass is 32.2. The second-order valence-electron chi connectivity index (χ2n) is 10.7. The Labute approximate surface area is 251 Å². The van der Waals surface area contributed by atoms with Crippen LogP contribution < -0.4 is 21.3 Å². The minimum Gasteiger partial charge on any atom is -0.349 e. The first kappa shape index (κ1) is 32.6. The van der Waals surface area contributed by atoms with Gasteiger partial charge in [0.2, 0.25) is 23.6 Å². The molecule has 2 aromatic rings. The van der Waals surface area contributed by atoms with Gasteiger partial charge in [-0.15, -0.1) is 0 Å². The number of carbonyl (C=O) groups excluding carboxylic acids is 5. The van der Waals surface area contributed by atoms with Crippen LogP contribution in [-0.4, -0.2) is 88.7 Å². The maximum Gasteiger partial charge on any atom is 0.254 e. The minimum absolute atomic E-state index is 0.00473. The van der Waals surface area contributed by atoms with Gasteiger partial charge in [0, 0.05) is 24.5 Å². The van der Waals surface area contributed by atoms with Crippen molar-refractivity contribution in [3.05, 3.63) is 66.0 Å². The van der Waals surface area contributed by atoms with Crippen molar-refractivity contribution in [3.8, 4) is 0 Å². The molecule has 4 atom stereocenters. The van der Waals surface area contributed by atoms with Crippen LogP contribution in [0.5, 0.6) is 0 Å². The van der Waals surface area contributed by atoms with Gasteiger partial charge >= 0.3 is 0 Å². The second-order valence-corrected chi connectivity index (χ2v) is 11.7. The molecule has 11 nitrogen and oxygen atoms in total. The van der Waals surface area contributed by atoms with E-state index < -0.39 is 53.7 Å². The molecule has 2 heterocycles. The monoisotopic (exact) mass is 596 g/mol. The van der Waals surface area contributed by atoms with Gasteiger partial charge in [-0.1, -0.05) is 44.2 Å². The van der Waals surface area contributed by atoms with Crippen LogP contribution in [0.3, 0.4) is 0 Å². The van der Waals surface area contributed by atoms with Gasteiger partial charge in [-0.2, -0.15) is 11.8 Å². The lowest BCUT2D eigenvalue weighted by atomic mass is 10.0. The van der Waals surface area contributed by atoms with Crippen LogP contribution in [0.25, 0.3) is 0 Å². The highest BCUT2D eigenvalue weighted by Gasteiger charge is 2.32. The number of rotatable bonds is 7. The summed E-state index contributed by atoms with van der Waals surface area (Å²) in [4.78, 5) is 72.2. The summed E-state index contributed by atoms with van der Waals surface area (Å²) in [5.41, 5.74) is 1.25. The van der Waals surface area contributed by atoms with E-state index in [2.05, 4.69) is 26.3 Å². The van der Waals surface area contributed by atoms with Crippen molar-refractivity contribution in [3.63, 3.8) is 0 Å². The fourth-order valence-electron chi connectivity index (χ4n) is 4.62. The second kappa shape index (κ2) is 15.9. The molecule has 1 aliphatic heterocycles. The normalized spacial score (nSPS) is 22.7. The molecule has 3 rings (SSSR count). The third-order valence-electron chi connectivity index (χ3n) is 6.92. The lowest BCUT2D eigenvalue weighted by Gasteiger charge is -2.30. The first-order valence-corrected chi connectivity index (χ1v) is 15.4. The van der Waals surface area contributed by atoms with Crippen LogP contribution >= 0.6 is 11.8 Å². The number of benzene rings is 1. The molecule has 0 spiro atoms. The molecule has 226 valence electrons. The van der Waals surface area contributed by atoms with Gasteiger partial charge in [-0.25, -0.2) is 0 Å². The molecule has 1 aromatic carbocycles. The van der Waals surface area contributed by atoms with E-state index in [1.165, 1.54) is 29.1 Å². The number of hydrogen-bond donors (Lipinski definition) is 4. The first-order chi connectivity index (χ1) is 20.1. The fourth-order valence-corrected chi connectivity index (χ4v) is 5.09. The van der Waals surface area contributed by atoms with E-state index in [9.17, 15) is 24.0 Å². The van der Waals surface area contributed by atoms with Crippen LogP contribution in [0.1, 0.15) is 43.1 Å². The third kappa shape index (κ3) is 9.57. The summed E-state index contributed by atoms with van der Waals surface area (Å²) in [6.07, 6.45) is 5.59. The molecule has 0 saturated carbocycles. The molecule has 1 fully saturated rings. The molecule has 1 saturated heterocycles. The van der Waals surface area contributed by atoms with Crippen LogP contribution in [0.15, 0.2) is 54.9 Å². The average Bonchev–Trinajstić information content (AvgIpc) is 2.97. The molecule has 0 aliphatic carbocycles. The summed E-state index contributed by atoms with van der Waals surface area (Å²) in [7, 11) is 0. The van der Waals surface area contributed by atoms with Gasteiger partial charge in [-0.05, 0) is 55.4 Å². The van der Waals surface area contributed by atoms with E-state index >= 15 is 0 Å². The minimum atomic E-state index is -0.942. The van der Waals surface area contributed by atoms with E-state index in [-0.39, 0.29) is 19.0 Å². The van der Waals surface area contributed by atoms with E-state index in [1.54, 1.807) is 32.9 Å². The van der Waals surface area contributed by atoms with Crippen LogP contribution in [0.2, 0.25) is 0 Å². The van der Waals surface area contributed by atoms with Crippen LogP contribution in [0.4, 0.5) is 0 Å². The highest BCUT2D eigenvalue weighted by Crippen LogP contribution is 2.11. The zero-order chi connectivity index (χ0) is 30.6. The standard InChI is InChI=1S/C30H40N6O5S/c1-19(2)26-29(40)34-24(12-15-42-4)28(39)32-20(3)27(38)33-23(16-21-8-6-5-7-9-21)17-36(18-25(37)35-26)30(41)22-10-13-31-14-11-22/h5-11,13-14,19-20,23-24,26H,12,15-18H2,1-4H3,(H,32,39)(H,33,38)(H,34,40)(H,35,37)/t20-,23+,24-,26-/m0/s1. The maximum atomic E-state index is 13.6. The predicted molar refractivity (Wildman–Crippen MR) is 162 cm³/mol. The number of nitrogens with zero attached hydrogens (tertiary/aromatic N) is 2. The summed E-state index contributed by atoms with van der Waals surface area (Å²) < 4.78 is 0. The van der Waals surface area contributed by atoms with Gasteiger partial charge in [0.1, 0.15) is 18.1 Å². The molecule has 4 N–H and O–H groups in total. The third-order valence-corrected chi connectivity index (χ3v) is 7.57. The van der Waals surface area contributed by atoms with Gasteiger partial charge < -0.3 is 26.2 Å². The lowest BCUT2D eigenvalue weighted by molar-refractivity contribution is -0.134. The molecular weight excluding hydrogens is 556 g/mol. The number of carbonyl (C=O) groups is 5. The predicted octanol–water partition coefficient (Wildman–Crippen LogP) is 1.15. The van der Waals surface area contributed by atoms with Crippen molar-refractivity contribution in [2.75, 3.05) is 25.1 Å². The first-order valence-electron chi connectivity index (χ1n) is 14.0. The molecule has 0 bridgehead atoms. The lowest BCUT2D eigenvalue weighted by Crippen LogP contribution is -2.57. The van der Waals surface area contributed by atoms with Crippen molar-refractivity contribution < 1.29 is 24.0 Å². The molecule has 42 heavy (non-hydrogen) atoms. The zero-order valence-corrected chi connectivity index (χ0v) is 25.3. The van der Waals surface area contributed by atoms with Gasteiger partial charge in [0.15, 0.2) is 0 Å². The van der Waals surface area contributed by atoms with E-state index in [1.807, 2.05) is 36.6 Å². The maximum absolute atomic E-state index is 13.6. The van der Waals surface area contributed by atoms with Crippen molar-refractivity contribution >= 4 is 41.3 Å². The van der Waals surface area contributed by atoms with Crippen molar-refractivity contribution in [1.82, 2.24) is 31.2 Å². The smallest absolute Gasteiger partial charge is 0.254 e. The quantitative estimate of drug-likeness (QED) is 0.375. The number of pyridine rings is 1. The van der Waals surface area contributed by atoms with E-state index in [4.69, 9.17) is 0 Å². The molecular formula is C30H40N6O5S. The Morgan fingerprint density at radius 3 is 2.29 bits per heavy atom. The molecule has 0 unspecified atom stereocenters. The number of amides is 5.